The molecule has 2 aromatic carbocycles. The lowest BCUT2D eigenvalue weighted by atomic mass is 10.1. The maximum Gasteiger partial charge on any atom is 0.240 e. The maximum absolute atomic E-state index is 12.9. The van der Waals surface area contributed by atoms with E-state index in [0.717, 1.165) is 16.6 Å². The molecule has 0 unspecified atom stereocenters. The third-order valence-electron chi connectivity index (χ3n) is 4.20. The molecule has 0 saturated heterocycles. The number of halogens is 1. The third kappa shape index (κ3) is 3.62. The Bertz CT molecular complexity index is 868. The molecule has 0 saturated carbocycles. The van der Waals surface area contributed by atoms with Crippen LogP contribution in [0.4, 0.5) is 4.39 Å². The molecule has 0 aliphatic heterocycles. The van der Waals surface area contributed by atoms with E-state index in [1.807, 2.05) is 10.6 Å². The van der Waals surface area contributed by atoms with Gasteiger partial charge in [-0.3, -0.25) is 4.79 Å². The number of benzene rings is 2. The number of hydrogen-bond acceptors (Lipinski definition) is 2. The fraction of sp³-hybridized carbons (Fsp3) is 0.263. The number of imidazole rings is 1. The van der Waals surface area contributed by atoms with Crippen LogP contribution in [0.1, 0.15) is 16.7 Å². The van der Waals surface area contributed by atoms with Gasteiger partial charge in [0, 0.05) is 6.54 Å². The molecule has 4 nitrogen and oxygen atoms in total. The first-order chi connectivity index (χ1) is 11.5. The number of carbonyl (C=O) groups excluding carboxylic acids is 1. The van der Waals surface area contributed by atoms with Crippen LogP contribution in [-0.2, 0) is 17.8 Å². The number of amides is 1. The van der Waals surface area contributed by atoms with Gasteiger partial charge in [0.2, 0.25) is 5.91 Å². The molecule has 1 amide bonds. The summed E-state index contributed by atoms with van der Waals surface area (Å²) >= 11 is 0. The highest BCUT2D eigenvalue weighted by Gasteiger charge is 2.08. The van der Waals surface area contributed by atoms with E-state index in [1.165, 1.54) is 23.3 Å². The van der Waals surface area contributed by atoms with E-state index in [9.17, 15) is 9.18 Å². The predicted molar refractivity (Wildman–Crippen MR) is 92.3 cm³/mol. The Balaban J connectivity index is 1.59. The first-order valence-corrected chi connectivity index (χ1v) is 7.96. The van der Waals surface area contributed by atoms with Gasteiger partial charge in [-0.15, -0.1) is 0 Å². The van der Waals surface area contributed by atoms with Crippen LogP contribution < -0.4 is 5.32 Å². The number of nitrogens with zero attached hydrogens (tertiary/aromatic N) is 2. The largest absolute Gasteiger partial charge is 0.354 e. The van der Waals surface area contributed by atoms with Crippen LogP contribution >= 0.6 is 0 Å². The molecule has 1 heterocycles. The van der Waals surface area contributed by atoms with Gasteiger partial charge >= 0.3 is 0 Å². The Hall–Kier alpha value is -2.69. The Labute approximate surface area is 140 Å². The standard InChI is InChI=1S/C19H20FN3O/c1-13-9-17-18(10-14(13)2)23(12-22-17)11-19(24)21-8-7-15-3-5-16(20)6-4-15/h3-6,9-10,12H,7-8,11H2,1-2H3,(H,21,24). The number of hydrogen-bond donors (Lipinski definition) is 1. The maximum atomic E-state index is 12.9. The molecular formula is C19H20FN3O. The number of aryl methyl sites for hydroxylation is 2. The van der Waals surface area contributed by atoms with E-state index in [1.54, 1.807) is 18.5 Å². The van der Waals surface area contributed by atoms with Crippen LogP contribution in [0, 0.1) is 19.7 Å². The van der Waals surface area contributed by atoms with Crippen molar-refractivity contribution in [1.82, 2.24) is 14.9 Å². The first kappa shape index (κ1) is 16.2. The predicted octanol–water partition coefficient (Wildman–Crippen LogP) is 3.15. The molecule has 0 radical (unpaired) electrons. The van der Waals surface area contributed by atoms with Crippen LogP contribution in [0.25, 0.3) is 11.0 Å². The molecule has 1 N–H and O–H groups in total. The van der Waals surface area contributed by atoms with Crippen molar-refractivity contribution in [1.29, 1.82) is 0 Å². The van der Waals surface area contributed by atoms with E-state index in [2.05, 4.69) is 30.2 Å². The van der Waals surface area contributed by atoms with Gasteiger partial charge in [-0.05, 0) is 61.2 Å². The Kier molecular flexibility index (Phi) is 4.60. The zero-order valence-corrected chi connectivity index (χ0v) is 13.8. The number of aromatic nitrogens is 2. The summed E-state index contributed by atoms with van der Waals surface area (Å²) < 4.78 is 14.7. The summed E-state index contributed by atoms with van der Waals surface area (Å²) in [7, 11) is 0. The van der Waals surface area contributed by atoms with E-state index >= 15 is 0 Å². The van der Waals surface area contributed by atoms with Crippen molar-refractivity contribution >= 4 is 16.9 Å². The van der Waals surface area contributed by atoms with Crippen molar-refractivity contribution in [3.05, 3.63) is 65.2 Å². The zero-order valence-electron chi connectivity index (χ0n) is 13.8. The lowest BCUT2D eigenvalue weighted by Gasteiger charge is -2.08. The monoisotopic (exact) mass is 325 g/mol. The topological polar surface area (TPSA) is 46.9 Å². The van der Waals surface area contributed by atoms with Crippen molar-refractivity contribution < 1.29 is 9.18 Å². The highest BCUT2D eigenvalue weighted by Crippen LogP contribution is 2.18. The van der Waals surface area contributed by atoms with Gasteiger partial charge in [0.1, 0.15) is 12.4 Å². The van der Waals surface area contributed by atoms with Gasteiger partial charge in [-0.25, -0.2) is 9.37 Å². The molecule has 1 aromatic heterocycles. The average molecular weight is 325 g/mol. The van der Waals surface area contributed by atoms with Crippen molar-refractivity contribution in [2.75, 3.05) is 6.54 Å². The van der Waals surface area contributed by atoms with Gasteiger partial charge in [0.15, 0.2) is 0 Å². The Morgan fingerprint density at radius 2 is 1.88 bits per heavy atom. The number of rotatable bonds is 5. The summed E-state index contributed by atoms with van der Waals surface area (Å²) in [6, 6.07) is 10.4. The molecule has 0 fully saturated rings. The van der Waals surface area contributed by atoms with Crippen molar-refractivity contribution in [2.24, 2.45) is 0 Å². The quantitative estimate of drug-likeness (QED) is 0.783. The molecule has 0 aliphatic carbocycles. The lowest BCUT2D eigenvalue weighted by molar-refractivity contribution is -0.121. The fourth-order valence-electron chi connectivity index (χ4n) is 2.65. The van der Waals surface area contributed by atoms with Crippen LogP contribution in [0.3, 0.4) is 0 Å². The second-order valence-corrected chi connectivity index (χ2v) is 6.02. The van der Waals surface area contributed by atoms with Gasteiger partial charge in [0.05, 0.1) is 17.4 Å². The molecule has 3 aromatic rings. The number of carbonyl (C=O) groups is 1. The molecule has 0 aliphatic rings. The fourth-order valence-corrected chi connectivity index (χ4v) is 2.65. The van der Waals surface area contributed by atoms with Gasteiger partial charge in [-0.2, -0.15) is 0 Å². The first-order valence-electron chi connectivity index (χ1n) is 7.96. The van der Waals surface area contributed by atoms with Crippen LogP contribution in [-0.4, -0.2) is 22.0 Å². The number of nitrogens with one attached hydrogen (secondary N) is 1. The Morgan fingerprint density at radius 3 is 2.62 bits per heavy atom. The normalized spacial score (nSPS) is 11.0. The molecule has 24 heavy (non-hydrogen) atoms. The third-order valence-corrected chi connectivity index (χ3v) is 4.20. The summed E-state index contributed by atoms with van der Waals surface area (Å²) in [5, 5.41) is 2.89. The van der Waals surface area contributed by atoms with E-state index in [-0.39, 0.29) is 18.3 Å². The second-order valence-electron chi connectivity index (χ2n) is 6.02. The van der Waals surface area contributed by atoms with Crippen molar-refractivity contribution in [3.8, 4) is 0 Å². The summed E-state index contributed by atoms with van der Waals surface area (Å²) in [6.45, 7) is 4.86. The van der Waals surface area contributed by atoms with Crippen molar-refractivity contribution in [3.63, 3.8) is 0 Å². The SMILES string of the molecule is Cc1cc2ncn(CC(=O)NCCc3ccc(F)cc3)c2cc1C. The second kappa shape index (κ2) is 6.83. The van der Waals surface area contributed by atoms with E-state index < -0.39 is 0 Å². The number of fused-ring (bicyclic) bond motifs is 1. The van der Waals surface area contributed by atoms with Crippen LogP contribution in [0.5, 0.6) is 0 Å². The highest BCUT2D eigenvalue weighted by atomic mass is 19.1. The molecular weight excluding hydrogens is 305 g/mol. The summed E-state index contributed by atoms with van der Waals surface area (Å²) in [5.41, 5.74) is 5.23. The van der Waals surface area contributed by atoms with Crippen LogP contribution in [0.2, 0.25) is 0 Å². The average Bonchev–Trinajstić information content (AvgIpc) is 2.92. The van der Waals surface area contributed by atoms with E-state index in [4.69, 9.17) is 0 Å². The van der Waals surface area contributed by atoms with Gasteiger partial charge in [-0.1, -0.05) is 12.1 Å². The minimum absolute atomic E-state index is 0.0605. The molecule has 5 heteroatoms. The molecule has 0 bridgehead atoms. The minimum atomic E-state index is -0.250. The molecule has 124 valence electrons. The lowest BCUT2D eigenvalue weighted by Crippen LogP contribution is -2.29. The van der Waals surface area contributed by atoms with Crippen LogP contribution in [0.15, 0.2) is 42.7 Å². The molecule has 0 atom stereocenters. The Morgan fingerprint density at radius 1 is 1.17 bits per heavy atom. The molecule has 3 rings (SSSR count). The highest BCUT2D eigenvalue weighted by molar-refractivity contribution is 5.81. The summed E-state index contributed by atoms with van der Waals surface area (Å²) in [4.78, 5) is 16.5. The van der Waals surface area contributed by atoms with Gasteiger partial charge < -0.3 is 9.88 Å². The van der Waals surface area contributed by atoms with Crippen molar-refractivity contribution in [2.45, 2.75) is 26.8 Å². The summed E-state index contributed by atoms with van der Waals surface area (Å²) in [5.74, 6) is -0.310. The zero-order chi connectivity index (χ0) is 17.1. The smallest absolute Gasteiger partial charge is 0.240 e. The van der Waals surface area contributed by atoms with E-state index in [0.29, 0.717) is 13.0 Å². The minimum Gasteiger partial charge on any atom is -0.354 e. The van der Waals surface area contributed by atoms with Gasteiger partial charge in [0.25, 0.3) is 0 Å². The molecule has 0 spiro atoms. The summed E-state index contributed by atoms with van der Waals surface area (Å²) in [6.07, 6.45) is 2.37.